The number of nitrogens with zero attached hydrogens (tertiary/aromatic N) is 4. The molecule has 1 amide bonds. The molecular weight excluding hydrogens is 358 g/mol. The Balaban J connectivity index is 1.83. The van der Waals surface area contributed by atoms with E-state index < -0.39 is 11.5 Å². The fourth-order valence-corrected chi connectivity index (χ4v) is 3.03. The minimum Gasteiger partial charge on any atom is -0.495 e. The maximum Gasteiger partial charge on any atom is 0.268 e. The molecule has 28 heavy (non-hydrogen) atoms. The lowest BCUT2D eigenvalue weighted by Gasteiger charge is -2.13. The molecule has 0 radical (unpaired) electrons. The van der Waals surface area contributed by atoms with Gasteiger partial charge in [-0.15, -0.1) is 10.2 Å². The van der Waals surface area contributed by atoms with E-state index in [1.54, 1.807) is 44.8 Å². The molecule has 0 aliphatic rings. The predicted octanol–water partition coefficient (Wildman–Crippen LogP) is 1.74. The molecule has 0 bridgehead atoms. The monoisotopic (exact) mass is 381 g/mol. The van der Waals surface area contributed by atoms with Crippen LogP contribution in [0.1, 0.15) is 28.7 Å². The van der Waals surface area contributed by atoms with E-state index in [-0.39, 0.29) is 5.56 Å². The molecular formula is C20H23N5O3. The molecule has 0 aliphatic heterocycles. The highest BCUT2D eigenvalue weighted by atomic mass is 16.5. The third-order valence-corrected chi connectivity index (χ3v) is 4.54. The molecule has 3 aromatic rings. The fraction of sp³-hybridized carbons (Fsp3) is 0.300. The number of aromatic nitrogens is 4. The van der Waals surface area contributed by atoms with Gasteiger partial charge in [-0.3, -0.25) is 14.2 Å². The smallest absolute Gasteiger partial charge is 0.268 e. The molecule has 0 saturated heterocycles. The van der Waals surface area contributed by atoms with Crippen molar-refractivity contribution < 1.29 is 9.53 Å². The molecule has 2 heterocycles. The van der Waals surface area contributed by atoms with E-state index in [1.165, 1.54) is 4.57 Å². The van der Waals surface area contributed by atoms with Crippen molar-refractivity contribution in [2.75, 3.05) is 13.7 Å². The number of carbonyl (C=O) groups is 1. The first-order valence-electron chi connectivity index (χ1n) is 9.07. The normalized spacial score (nSPS) is 10.7. The number of benzene rings is 1. The Kier molecular flexibility index (Phi) is 5.88. The Morgan fingerprint density at radius 1 is 1.25 bits per heavy atom. The van der Waals surface area contributed by atoms with Crippen LogP contribution in [-0.4, -0.2) is 38.9 Å². The van der Waals surface area contributed by atoms with Gasteiger partial charge in [0.1, 0.15) is 23.5 Å². The number of amides is 1. The molecule has 0 aliphatic carbocycles. The maximum atomic E-state index is 13.0. The fourth-order valence-electron chi connectivity index (χ4n) is 3.03. The number of carbonyl (C=O) groups excluding carboxylic acids is 1. The summed E-state index contributed by atoms with van der Waals surface area (Å²) < 4.78 is 8.67. The number of methoxy groups -OCH3 is 1. The summed E-state index contributed by atoms with van der Waals surface area (Å²) in [5.41, 5.74) is 0.926. The summed E-state index contributed by atoms with van der Waals surface area (Å²) in [5, 5.41) is 10.7. The van der Waals surface area contributed by atoms with Crippen molar-refractivity contribution >= 4 is 5.91 Å². The number of pyridine rings is 1. The Labute approximate surface area is 162 Å². The largest absolute Gasteiger partial charge is 0.495 e. The first-order valence-corrected chi connectivity index (χ1v) is 9.07. The summed E-state index contributed by atoms with van der Waals surface area (Å²) in [6.07, 6.45) is 3.84. The van der Waals surface area contributed by atoms with Gasteiger partial charge in [0.05, 0.1) is 12.8 Å². The highest BCUT2D eigenvalue weighted by Gasteiger charge is 2.17. The topological polar surface area (TPSA) is 91.0 Å². The molecule has 2 aromatic heterocycles. The lowest BCUT2D eigenvalue weighted by molar-refractivity contribution is 0.0951. The van der Waals surface area contributed by atoms with E-state index in [4.69, 9.17) is 4.74 Å². The third kappa shape index (κ3) is 3.80. The summed E-state index contributed by atoms with van der Waals surface area (Å²) in [5.74, 6) is 0.937. The lowest BCUT2D eigenvalue weighted by atomic mass is 10.1. The molecule has 1 aromatic carbocycles. The SMILES string of the molecule is CCn1cnnc1CCNC(=O)c1c(C)ccn(-c2ccccc2OC)c1=O. The van der Waals surface area contributed by atoms with Gasteiger partial charge in [-0.05, 0) is 37.6 Å². The number of nitrogens with one attached hydrogen (secondary N) is 1. The van der Waals surface area contributed by atoms with Crippen LogP contribution in [0.15, 0.2) is 47.7 Å². The van der Waals surface area contributed by atoms with Gasteiger partial charge in [0.15, 0.2) is 0 Å². The zero-order chi connectivity index (χ0) is 20.1. The van der Waals surface area contributed by atoms with E-state index in [0.717, 1.165) is 12.4 Å². The molecule has 0 unspecified atom stereocenters. The molecule has 0 spiro atoms. The van der Waals surface area contributed by atoms with Crippen molar-refractivity contribution in [2.24, 2.45) is 0 Å². The van der Waals surface area contributed by atoms with E-state index >= 15 is 0 Å². The average Bonchev–Trinajstić information content (AvgIpc) is 3.15. The number of aryl methyl sites for hydroxylation is 2. The van der Waals surface area contributed by atoms with E-state index in [9.17, 15) is 9.59 Å². The van der Waals surface area contributed by atoms with Gasteiger partial charge < -0.3 is 14.6 Å². The molecule has 3 rings (SSSR count). The van der Waals surface area contributed by atoms with Crippen LogP contribution in [0.5, 0.6) is 5.75 Å². The van der Waals surface area contributed by atoms with Crippen LogP contribution in [0.25, 0.3) is 5.69 Å². The summed E-state index contributed by atoms with van der Waals surface area (Å²) in [6.45, 7) is 4.87. The van der Waals surface area contributed by atoms with Crippen LogP contribution in [0.2, 0.25) is 0 Å². The van der Waals surface area contributed by atoms with Crippen LogP contribution >= 0.6 is 0 Å². The van der Waals surface area contributed by atoms with Gasteiger partial charge in [-0.25, -0.2) is 0 Å². The first kappa shape index (κ1) is 19.3. The van der Waals surface area contributed by atoms with E-state index in [2.05, 4.69) is 15.5 Å². The second kappa shape index (κ2) is 8.51. The first-order chi connectivity index (χ1) is 13.6. The number of rotatable bonds is 7. The molecule has 146 valence electrons. The molecule has 0 fully saturated rings. The Bertz CT molecular complexity index is 1040. The van der Waals surface area contributed by atoms with Gasteiger partial charge in [0.2, 0.25) is 0 Å². The minimum absolute atomic E-state index is 0.116. The zero-order valence-electron chi connectivity index (χ0n) is 16.2. The zero-order valence-corrected chi connectivity index (χ0v) is 16.2. The Hall–Kier alpha value is -3.42. The molecule has 8 nitrogen and oxygen atoms in total. The van der Waals surface area contributed by atoms with Crippen molar-refractivity contribution in [3.8, 4) is 11.4 Å². The summed E-state index contributed by atoms with van der Waals surface area (Å²) in [7, 11) is 1.54. The van der Waals surface area contributed by atoms with E-state index in [1.807, 2.05) is 23.6 Å². The predicted molar refractivity (Wildman–Crippen MR) is 105 cm³/mol. The number of hydrogen-bond acceptors (Lipinski definition) is 5. The average molecular weight is 381 g/mol. The number of ether oxygens (including phenoxy) is 1. The Morgan fingerprint density at radius 3 is 2.79 bits per heavy atom. The summed E-state index contributed by atoms with van der Waals surface area (Å²) >= 11 is 0. The second-order valence-corrected chi connectivity index (χ2v) is 6.26. The van der Waals surface area contributed by atoms with Crippen molar-refractivity contribution in [3.05, 3.63) is 70.2 Å². The van der Waals surface area contributed by atoms with Crippen LogP contribution in [0.3, 0.4) is 0 Å². The molecule has 0 atom stereocenters. The van der Waals surface area contributed by atoms with Gasteiger partial charge in [-0.1, -0.05) is 12.1 Å². The van der Waals surface area contributed by atoms with Crippen molar-refractivity contribution in [3.63, 3.8) is 0 Å². The van der Waals surface area contributed by atoms with Crippen LogP contribution < -0.4 is 15.6 Å². The standard InChI is InChI=1S/C20H23N5O3/c1-4-24-13-22-23-17(24)9-11-21-19(26)18-14(2)10-12-25(20(18)27)15-7-5-6-8-16(15)28-3/h5-8,10,12-13H,4,9,11H2,1-3H3,(H,21,26). The quantitative estimate of drug-likeness (QED) is 0.673. The number of para-hydroxylation sites is 2. The van der Waals surface area contributed by atoms with Gasteiger partial charge >= 0.3 is 0 Å². The summed E-state index contributed by atoms with van der Waals surface area (Å²) in [4.78, 5) is 25.7. The van der Waals surface area contributed by atoms with Crippen LogP contribution in [0.4, 0.5) is 0 Å². The lowest BCUT2D eigenvalue weighted by Crippen LogP contribution is -2.34. The highest BCUT2D eigenvalue weighted by molar-refractivity contribution is 5.95. The van der Waals surface area contributed by atoms with Gasteiger partial charge in [0, 0.05) is 25.7 Å². The van der Waals surface area contributed by atoms with Gasteiger partial charge in [-0.2, -0.15) is 0 Å². The Morgan fingerprint density at radius 2 is 2.04 bits per heavy atom. The maximum absolute atomic E-state index is 13.0. The molecule has 0 saturated carbocycles. The third-order valence-electron chi connectivity index (χ3n) is 4.54. The second-order valence-electron chi connectivity index (χ2n) is 6.26. The van der Waals surface area contributed by atoms with Crippen molar-refractivity contribution in [1.29, 1.82) is 0 Å². The van der Waals surface area contributed by atoms with Crippen molar-refractivity contribution in [1.82, 2.24) is 24.6 Å². The van der Waals surface area contributed by atoms with Crippen LogP contribution in [0, 0.1) is 6.92 Å². The van der Waals surface area contributed by atoms with Crippen molar-refractivity contribution in [2.45, 2.75) is 26.8 Å². The molecule has 1 N–H and O–H groups in total. The highest BCUT2D eigenvalue weighted by Crippen LogP contribution is 2.21. The minimum atomic E-state index is -0.408. The molecule has 8 heteroatoms. The van der Waals surface area contributed by atoms with E-state index in [0.29, 0.717) is 30.0 Å². The van der Waals surface area contributed by atoms with Crippen LogP contribution in [-0.2, 0) is 13.0 Å². The summed E-state index contributed by atoms with van der Waals surface area (Å²) in [6, 6.07) is 8.93. The number of hydrogen-bond donors (Lipinski definition) is 1. The van der Waals surface area contributed by atoms with Gasteiger partial charge in [0.25, 0.3) is 11.5 Å².